The lowest BCUT2D eigenvalue weighted by Crippen LogP contribution is -2.49. The van der Waals surface area contributed by atoms with E-state index in [1.807, 2.05) is 37.3 Å². The lowest BCUT2D eigenvalue weighted by Gasteiger charge is -2.38. The van der Waals surface area contributed by atoms with Crippen molar-refractivity contribution in [2.24, 2.45) is 0 Å². The quantitative estimate of drug-likeness (QED) is 0.374. The van der Waals surface area contributed by atoms with Crippen LogP contribution in [0.1, 0.15) is 31.4 Å². The first-order valence-electron chi connectivity index (χ1n) is 11.7. The first-order chi connectivity index (χ1) is 17.0. The highest BCUT2D eigenvalue weighted by Gasteiger charge is 2.47. The average molecular weight is 491 g/mol. The normalized spacial score (nSPS) is 22.4. The van der Waals surface area contributed by atoms with Crippen LogP contribution in [0.5, 0.6) is 0 Å². The molecule has 4 aromatic rings. The highest BCUT2D eigenvalue weighted by atomic mass is 32.2. The van der Waals surface area contributed by atoms with Crippen LogP contribution in [0.25, 0.3) is 10.9 Å². The Kier molecular flexibility index (Phi) is 5.37. The van der Waals surface area contributed by atoms with Gasteiger partial charge in [-0.3, -0.25) is 10.1 Å². The summed E-state index contributed by atoms with van der Waals surface area (Å²) in [5.41, 5.74) is 1.77. The van der Waals surface area contributed by atoms with Crippen LogP contribution >= 0.6 is 0 Å². The second-order valence-corrected chi connectivity index (χ2v) is 11.0. The van der Waals surface area contributed by atoms with Crippen LogP contribution in [-0.4, -0.2) is 56.0 Å². The number of nitrogens with zero attached hydrogens (tertiary/aromatic N) is 5. The number of hydrogen-bond acceptors (Lipinski definition) is 8. The summed E-state index contributed by atoms with van der Waals surface area (Å²) in [5.74, 6) is 1.87. The maximum absolute atomic E-state index is 13.3. The molecule has 0 spiro atoms. The number of aromatic nitrogens is 5. The number of pyridine rings is 1. The van der Waals surface area contributed by atoms with Crippen LogP contribution in [0.4, 0.5) is 17.6 Å². The van der Waals surface area contributed by atoms with Gasteiger partial charge in [-0.25, -0.2) is 13.4 Å². The van der Waals surface area contributed by atoms with E-state index in [0.29, 0.717) is 30.4 Å². The van der Waals surface area contributed by atoms with E-state index in [0.717, 1.165) is 29.4 Å². The fourth-order valence-electron chi connectivity index (χ4n) is 5.29. The van der Waals surface area contributed by atoms with Gasteiger partial charge in [0.2, 0.25) is 16.0 Å². The molecule has 2 unspecified atom stereocenters. The minimum absolute atomic E-state index is 0.0541. The fourth-order valence-corrected chi connectivity index (χ4v) is 7.14. The minimum Gasteiger partial charge on any atom is -0.351 e. The molecule has 3 aromatic heterocycles. The third-order valence-corrected chi connectivity index (χ3v) is 8.75. The molecule has 0 saturated carbocycles. The number of hydrogen-bond donors (Lipinski definition) is 3. The van der Waals surface area contributed by atoms with Gasteiger partial charge in [-0.1, -0.05) is 12.1 Å². The molecule has 2 saturated heterocycles. The molecule has 2 aliphatic rings. The van der Waals surface area contributed by atoms with E-state index in [9.17, 15) is 8.42 Å². The maximum atomic E-state index is 13.3. The van der Waals surface area contributed by atoms with Gasteiger partial charge in [0.05, 0.1) is 5.52 Å². The molecular formula is C24H26N8O2S. The Labute approximate surface area is 203 Å². The van der Waals surface area contributed by atoms with Gasteiger partial charge in [0, 0.05) is 47.7 Å². The van der Waals surface area contributed by atoms with E-state index >= 15 is 0 Å². The molecule has 5 heterocycles. The van der Waals surface area contributed by atoms with Crippen molar-refractivity contribution >= 4 is 38.5 Å². The van der Waals surface area contributed by atoms with Gasteiger partial charge in [0.15, 0.2) is 5.82 Å². The van der Waals surface area contributed by atoms with Crippen molar-refractivity contribution in [1.29, 1.82) is 0 Å². The Morgan fingerprint density at radius 3 is 2.57 bits per heavy atom. The predicted molar refractivity (Wildman–Crippen MR) is 133 cm³/mol. The van der Waals surface area contributed by atoms with Crippen molar-refractivity contribution in [2.45, 2.75) is 55.6 Å². The summed E-state index contributed by atoms with van der Waals surface area (Å²) >= 11 is 0. The zero-order chi connectivity index (χ0) is 24.0. The third-order valence-electron chi connectivity index (χ3n) is 6.76. The number of rotatable bonds is 6. The number of piperidine rings is 1. The topological polar surface area (TPSA) is 129 Å². The van der Waals surface area contributed by atoms with Crippen LogP contribution in [0.15, 0.2) is 59.8 Å². The van der Waals surface area contributed by atoms with E-state index in [2.05, 4.69) is 25.8 Å². The van der Waals surface area contributed by atoms with Crippen molar-refractivity contribution in [3.63, 3.8) is 0 Å². The van der Waals surface area contributed by atoms with E-state index in [1.54, 1.807) is 22.6 Å². The lowest BCUT2D eigenvalue weighted by atomic mass is 10.00. The summed E-state index contributed by atoms with van der Waals surface area (Å²) in [6.45, 7) is 1.94. The number of aryl methyl sites for hydroxylation is 1. The molecule has 6 rings (SSSR count). The molecule has 0 amide bonds. The molecule has 2 atom stereocenters. The van der Waals surface area contributed by atoms with Gasteiger partial charge in [0.25, 0.3) is 0 Å². The maximum Gasteiger partial charge on any atom is 0.245 e. The summed E-state index contributed by atoms with van der Waals surface area (Å²) in [6.07, 6.45) is 6.13. The summed E-state index contributed by atoms with van der Waals surface area (Å²) in [5, 5.41) is 14.9. The number of benzene rings is 1. The number of nitrogens with one attached hydrogen (secondary N) is 3. The van der Waals surface area contributed by atoms with Crippen molar-refractivity contribution < 1.29 is 8.42 Å². The van der Waals surface area contributed by atoms with Gasteiger partial charge in [-0.2, -0.15) is 14.4 Å². The number of aromatic amines is 1. The molecule has 10 nitrogen and oxygen atoms in total. The molecule has 11 heteroatoms. The van der Waals surface area contributed by atoms with Crippen molar-refractivity contribution in [3.8, 4) is 0 Å². The van der Waals surface area contributed by atoms with E-state index in [4.69, 9.17) is 9.97 Å². The van der Waals surface area contributed by atoms with Crippen LogP contribution in [0.2, 0.25) is 0 Å². The van der Waals surface area contributed by atoms with Crippen LogP contribution in [-0.2, 0) is 10.0 Å². The van der Waals surface area contributed by atoms with Crippen LogP contribution in [0, 0.1) is 6.92 Å². The summed E-state index contributed by atoms with van der Waals surface area (Å²) in [4.78, 5) is 13.7. The van der Waals surface area contributed by atoms with Gasteiger partial charge in [-0.15, -0.1) is 0 Å². The summed E-state index contributed by atoms with van der Waals surface area (Å²) < 4.78 is 28.3. The highest BCUT2D eigenvalue weighted by molar-refractivity contribution is 7.89. The van der Waals surface area contributed by atoms with Gasteiger partial charge in [-0.05, 0) is 56.9 Å². The fraction of sp³-hybridized carbons (Fsp3) is 0.333. The zero-order valence-corrected chi connectivity index (χ0v) is 20.0. The van der Waals surface area contributed by atoms with Crippen LogP contribution < -0.4 is 10.6 Å². The van der Waals surface area contributed by atoms with E-state index in [1.165, 1.54) is 6.20 Å². The molecule has 2 aliphatic heterocycles. The second kappa shape index (κ2) is 8.58. The monoisotopic (exact) mass is 490 g/mol. The SMILES string of the molecule is Cc1cc(Nc2nc(NC3CC4CCC(C3)N4S(=O)(=O)c3cccnc3)nc3ccccc23)n[nH]1. The predicted octanol–water partition coefficient (Wildman–Crippen LogP) is 3.60. The Morgan fingerprint density at radius 2 is 1.86 bits per heavy atom. The summed E-state index contributed by atoms with van der Waals surface area (Å²) in [7, 11) is -3.57. The number of fused-ring (bicyclic) bond motifs is 3. The molecule has 0 radical (unpaired) electrons. The molecular weight excluding hydrogens is 464 g/mol. The van der Waals surface area contributed by atoms with Crippen molar-refractivity contribution in [1.82, 2.24) is 29.5 Å². The largest absolute Gasteiger partial charge is 0.351 e. The molecule has 2 bridgehead atoms. The number of sulfonamides is 1. The standard InChI is InChI=1S/C24H26N8O2S/c1-15-11-22(31-30-15)28-23-20-6-2-3-7-21(20)27-24(29-23)26-16-12-17-8-9-18(13-16)32(17)35(33,34)19-5-4-10-25-14-19/h2-7,10-11,14,16-18H,8-9,12-13H2,1H3,(H3,26,27,28,29,30,31). The number of para-hydroxylation sites is 1. The Balaban J connectivity index is 1.25. The van der Waals surface area contributed by atoms with E-state index < -0.39 is 10.0 Å². The average Bonchev–Trinajstić information content (AvgIpc) is 3.39. The molecule has 1 aromatic carbocycles. The van der Waals surface area contributed by atoms with Crippen LogP contribution in [0.3, 0.4) is 0 Å². The molecule has 2 fully saturated rings. The van der Waals surface area contributed by atoms with Gasteiger partial charge < -0.3 is 10.6 Å². The smallest absolute Gasteiger partial charge is 0.245 e. The number of anilines is 3. The lowest BCUT2D eigenvalue weighted by molar-refractivity contribution is 0.234. The first kappa shape index (κ1) is 21.9. The zero-order valence-electron chi connectivity index (χ0n) is 19.2. The van der Waals surface area contributed by atoms with E-state index in [-0.39, 0.29) is 23.0 Å². The van der Waals surface area contributed by atoms with Gasteiger partial charge in [0.1, 0.15) is 10.7 Å². The first-order valence-corrected chi connectivity index (χ1v) is 13.2. The molecule has 3 N–H and O–H groups in total. The van der Waals surface area contributed by atoms with Crippen molar-refractivity contribution in [3.05, 3.63) is 60.6 Å². The Morgan fingerprint density at radius 1 is 1.06 bits per heavy atom. The molecule has 180 valence electrons. The van der Waals surface area contributed by atoms with Crippen molar-refractivity contribution in [2.75, 3.05) is 10.6 Å². The summed E-state index contributed by atoms with van der Waals surface area (Å²) in [6, 6.07) is 13.0. The molecule has 0 aliphatic carbocycles. The second-order valence-electron chi connectivity index (χ2n) is 9.20. The van der Waals surface area contributed by atoms with Gasteiger partial charge >= 0.3 is 0 Å². The highest BCUT2D eigenvalue weighted by Crippen LogP contribution is 2.40. The Hall–Kier alpha value is -3.57. The Bertz CT molecular complexity index is 1460. The number of H-pyrrole nitrogens is 1. The minimum atomic E-state index is -3.57. The molecule has 35 heavy (non-hydrogen) atoms. The third kappa shape index (κ3) is 4.10.